The maximum absolute atomic E-state index is 12.5. The summed E-state index contributed by atoms with van der Waals surface area (Å²) < 4.78 is 36.1. The summed E-state index contributed by atoms with van der Waals surface area (Å²) >= 11 is 0. The molecule has 0 radical (unpaired) electrons. The lowest BCUT2D eigenvalue weighted by Crippen LogP contribution is -2.39. The Kier molecular flexibility index (Phi) is 8.26. The Balaban J connectivity index is 2.13. The van der Waals surface area contributed by atoms with Crippen molar-refractivity contribution in [2.24, 2.45) is 5.10 Å². The van der Waals surface area contributed by atoms with Crippen LogP contribution in [0.4, 0.5) is 5.69 Å². The lowest BCUT2D eigenvalue weighted by Gasteiger charge is -2.25. The third-order valence-corrected chi connectivity index (χ3v) is 6.11. The second-order valence-corrected chi connectivity index (χ2v) is 10.0. The SMILES string of the molecule is COc1ccc(N(CC(=O)N/N=C(/C)CC(C)(C)c2ccccc2)S(C)(=O)=O)cc1OC. The van der Waals surface area contributed by atoms with Gasteiger partial charge in [0.2, 0.25) is 10.0 Å². The number of carbonyl (C=O) groups excluding carboxylic acids is 1. The third-order valence-electron chi connectivity index (χ3n) is 4.97. The van der Waals surface area contributed by atoms with Crippen molar-refractivity contribution >= 4 is 27.3 Å². The number of anilines is 1. The highest BCUT2D eigenvalue weighted by atomic mass is 32.2. The van der Waals surface area contributed by atoms with Gasteiger partial charge in [-0.25, -0.2) is 13.8 Å². The molecule has 2 rings (SSSR count). The van der Waals surface area contributed by atoms with E-state index in [9.17, 15) is 13.2 Å². The van der Waals surface area contributed by atoms with E-state index in [4.69, 9.17) is 9.47 Å². The summed E-state index contributed by atoms with van der Waals surface area (Å²) in [6, 6.07) is 14.7. The Bertz CT molecular complexity index is 1070. The molecule has 9 heteroatoms. The van der Waals surface area contributed by atoms with Gasteiger partial charge < -0.3 is 9.47 Å². The number of methoxy groups -OCH3 is 2. The Morgan fingerprint density at radius 1 is 1.06 bits per heavy atom. The zero-order chi connectivity index (χ0) is 23.9. The van der Waals surface area contributed by atoms with Crippen LogP contribution < -0.4 is 19.2 Å². The normalized spacial score (nSPS) is 12.2. The van der Waals surface area contributed by atoms with Gasteiger partial charge in [0.15, 0.2) is 11.5 Å². The van der Waals surface area contributed by atoms with Crippen molar-refractivity contribution in [3.8, 4) is 11.5 Å². The molecule has 0 saturated carbocycles. The van der Waals surface area contributed by atoms with E-state index in [2.05, 4.69) is 36.5 Å². The number of sulfonamides is 1. The van der Waals surface area contributed by atoms with Gasteiger partial charge >= 0.3 is 0 Å². The molecule has 2 aromatic carbocycles. The number of hydrazone groups is 1. The van der Waals surface area contributed by atoms with Crippen LogP contribution in [0.5, 0.6) is 11.5 Å². The first-order valence-corrected chi connectivity index (χ1v) is 11.9. The Hall–Kier alpha value is -3.07. The van der Waals surface area contributed by atoms with Crippen molar-refractivity contribution in [1.82, 2.24) is 5.43 Å². The highest BCUT2D eigenvalue weighted by Gasteiger charge is 2.23. The first-order valence-electron chi connectivity index (χ1n) is 10.0. The van der Waals surface area contributed by atoms with Gasteiger partial charge in [0.25, 0.3) is 5.91 Å². The van der Waals surface area contributed by atoms with Gasteiger partial charge in [-0.15, -0.1) is 0 Å². The van der Waals surface area contributed by atoms with Gasteiger partial charge in [0.1, 0.15) is 6.54 Å². The second-order valence-electron chi connectivity index (χ2n) is 8.12. The average Bonchev–Trinajstić information content (AvgIpc) is 2.75. The summed E-state index contributed by atoms with van der Waals surface area (Å²) in [7, 11) is -0.797. The predicted molar refractivity (Wildman–Crippen MR) is 127 cm³/mol. The monoisotopic (exact) mass is 461 g/mol. The summed E-state index contributed by atoms with van der Waals surface area (Å²) in [6.07, 6.45) is 1.66. The molecule has 32 heavy (non-hydrogen) atoms. The van der Waals surface area contributed by atoms with E-state index in [1.54, 1.807) is 12.1 Å². The average molecular weight is 462 g/mol. The zero-order valence-corrected chi connectivity index (χ0v) is 20.2. The van der Waals surface area contributed by atoms with Gasteiger partial charge in [-0.05, 0) is 36.5 Å². The van der Waals surface area contributed by atoms with Crippen molar-refractivity contribution in [1.29, 1.82) is 0 Å². The zero-order valence-electron chi connectivity index (χ0n) is 19.4. The number of rotatable bonds is 10. The van der Waals surface area contributed by atoms with Crippen molar-refractivity contribution in [3.05, 3.63) is 54.1 Å². The van der Waals surface area contributed by atoms with Crippen LogP contribution in [0.2, 0.25) is 0 Å². The molecule has 0 aliphatic carbocycles. The molecule has 8 nitrogen and oxygen atoms in total. The van der Waals surface area contributed by atoms with Crippen LogP contribution in [-0.4, -0.2) is 47.1 Å². The van der Waals surface area contributed by atoms with Gasteiger partial charge in [-0.1, -0.05) is 44.2 Å². The molecule has 0 aromatic heterocycles. The Morgan fingerprint density at radius 2 is 1.69 bits per heavy atom. The van der Waals surface area contributed by atoms with E-state index in [0.29, 0.717) is 17.9 Å². The number of nitrogens with one attached hydrogen (secondary N) is 1. The highest BCUT2D eigenvalue weighted by molar-refractivity contribution is 7.92. The van der Waals surface area contributed by atoms with Crippen LogP contribution in [0, 0.1) is 0 Å². The standard InChI is InChI=1S/C23H31N3O5S/c1-17(15-23(2,3)18-10-8-7-9-11-18)24-25-22(27)16-26(32(6,28)29)19-12-13-20(30-4)21(14-19)31-5/h7-14H,15-16H2,1-6H3,(H,25,27)/b24-17-. The molecular formula is C23H31N3O5S. The van der Waals surface area contributed by atoms with Crippen LogP contribution in [0.25, 0.3) is 0 Å². The smallest absolute Gasteiger partial charge is 0.260 e. The number of carbonyl (C=O) groups is 1. The van der Waals surface area contributed by atoms with Crippen molar-refractivity contribution < 1.29 is 22.7 Å². The number of ether oxygens (including phenoxy) is 2. The van der Waals surface area contributed by atoms with Crippen molar-refractivity contribution in [3.63, 3.8) is 0 Å². The number of amides is 1. The molecule has 2 aromatic rings. The molecule has 0 heterocycles. The molecule has 0 aliphatic heterocycles. The fourth-order valence-corrected chi connectivity index (χ4v) is 4.22. The fraction of sp³-hybridized carbons (Fsp3) is 0.391. The maximum Gasteiger partial charge on any atom is 0.260 e. The third kappa shape index (κ3) is 6.71. The van der Waals surface area contributed by atoms with Crippen LogP contribution >= 0.6 is 0 Å². The summed E-state index contributed by atoms with van der Waals surface area (Å²) in [6.45, 7) is 5.61. The molecule has 1 amide bonds. The Labute approximate surface area is 190 Å². The van der Waals surface area contributed by atoms with Crippen LogP contribution in [0.1, 0.15) is 32.8 Å². The minimum atomic E-state index is -3.73. The number of benzene rings is 2. The first-order chi connectivity index (χ1) is 15.0. The number of hydrogen-bond acceptors (Lipinski definition) is 6. The van der Waals surface area contributed by atoms with E-state index in [1.807, 2.05) is 25.1 Å². The Morgan fingerprint density at radius 3 is 2.25 bits per heavy atom. The maximum atomic E-state index is 12.5. The van der Waals surface area contributed by atoms with E-state index >= 15 is 0 Å². The van der Waals surface area contributed by atoms with Gasteiger partial charge in [0.05, 0.1) is 26.2 Å². The minimum absolute atomic E-state index is 0.169. The summed E-state index contributed by atoms with van der Waals surface area (Å²) in [5.41, 5.74) is 4.47. The summed E-state index contributed by atoms with van der Waals surface area (Å²) in [5, 5.41) is 4.18. The highest BCUT2D eigenvalue weighted by Crippen LogP contribution is 2.32. The summed E-state index contributed by atoms with van der Waals surface area (Å²) in [4.78, 5) is 12.5. The lowest BCUT2D eigenvalue weighted by atomic mass is 9.80. The minimum Gasteiger partial charge on any atom is -0.493 e. The molecule has 0 fully saturated rings. The summed E-state index contributed by atoms with van der Waals surface area (Å²) in [5.74, 6) is 0.258. The van der Waals surface area contributed by atoms with Gasteiger partial charge in [-0.2, -0.15) is 5.10 Å². The van der Waals surface area contributed by atoms with Crippen molar-refractivity contribution in [2.45, 2.75) is 32.6 Å². The molecule has 0 saturated heterocycles. The van der Waals surface area contributed by atoms with Crippen LogP contribution in [-0.2, 0) is 20.2 Å². The van der Waals surface area contributed by atoms with E-state index in [0.717, 1.165) is 21.8 Å². The molecule has 0 aliphatic rings. The molecule has 174 valence electrons. The van der Waals surface area contributed by atoms with Crippen molar-refractivity contribution in [2.75, 3.05) is 31.3 Å². The van der Waals surface area contributed by atoms with Crippen LogP contribution in [0.3, 0.4) is 0 Å². The number of hydrogen-bond donors (Lipinski definition) is 1. The van der Waals surface area contributed by atoms with Crippen LogP contribution in [0.15, 0.2) is 53.6 Å². The number of nitrogens with zero attached hydrogens (tertiary/aromatic N) is 2. The molecule has 0 atom stereocenters. The lowest BCUT2D eigenvalue weighted by molar-refractivity contribution is -0.119. The fourth-order valence-electron chi connectivity index (χ4n) is 3.37. The molecule has 0 spiro atoms. The van der Waals surface area contributed by atoms with E-state index < -0.39 is 22.5 Å². The largest absolute Gasteiger partial charge is 0.493 e. The molecule has 0 bridgehead atoms. The first kappa shape index (κ1) is 25.2. The second kappa shape index (κ2) is 10.5. The van der Waals surface area contributed by atoms with Gasteiger partial charge in [-0.3, -0.25) is 9.10 Å². The predicted octanol–water partition coefficient (Wildman–Crippen LogP) is 3.33. The topological polar surface area (TPSA) is 97.3 Å². The van der Waals surface area contributed by atoms with E-state index in [-0.39, 0.29) is 11.1 Å². The molecule has 0 unspecified atom stereocenters. The molecule has 1 N–H and O–H groups in total. The van der Waals surface area contributed by atoms with Gasteiger partial charge in [0, 0.05) is 11.8 Å². The quantitative estimate of drug-likeness (QED) is 0.432. The van der Waals surface area contributed by atoms with E-state index in [1.165, 1.54) is 20.3 Å². The molecular weight excluding hydrogens is 430 g/mol.